The van der Waals surface area contributed by atoms with Crippen LogP contribution in [0.2, 0.25) is 5.28 Å². The van der Waals surface area contributed by atoms with Crippen LogP contribution in [0.25, 0.3) is 11.0 Å². The van der Waals surface area contributed by atoms with Crippen LogP contribution in [0.3, 0.4) is 0 Å². The van der Waals surface area contributed by atoms with Crippen molar-refractivity contribution >= 4 is 34.0 Å². The van der Waals surface area contributed by atoms with Crippen LogP contribution in [-0.4, -0.2) is 9.55 Å². The minimum atomic E-state index is 0.551. The quantitative estimate of drug-likeness (QED) is 0.675. The third-order valence-corrected chi connectivity index (χ3v) is 3.65. The standard InChI is InChI=1S/C12H9ClN2S/c13-12-14-10-5-1-2-6-11(10)15(12)8-9-4-3-7-16-9/h1-7H,8H2. The van der Waals surface area contributed by atoms with Gasteiger partial charge in [0.25, 0.3) is 0 Å². The van der Waals surface area contributed by atoms with Gasteiger partial charge in [0, 0.05) is 4.88 Å². The van der Waals surface area contributed by atoms with Crippen molar-refractivity contribution in [1.82, 2.24) is 9.55 Å². The highest BCUT2D eigenvalue weighted by Crippen LogP contribution is 2.22. The number of halogens is 1. The summed E-state index contributed by atoms with van der Waals surface area (Å²) in [6.45, 7) is 0.789. The molecular formula is C12H9ClN2S. The van der Waals surface area contributed by atoms with E-state index in [0.717, 1.165) is 17.6 Å². The van der Waals surface area contributed by atoms with Gasteiger partial charge >= 0.3 is 0 Å². The van der Waals surface area contributed by atoms with Crippen LogP contribution in [0.5, 0.6) is 0 Å². The Labute approximate surface area is 102 Å². The van der Waals surface area contributed by atoms with Gasteiger partial charge in [-0.1, -0.05) is 18.2 Å². The van der Waals surface area contributed by atoms with Gasteiger partial charge < -0.3 is 4.57 Å². The summed E-state index contributed by atoms with van der Waals surface area (Å²) in [6.07, 6.45) is 0. The Bertz CT molecular complexity index is 613. The van der Waals surface area contributed by atoms with Gasteiger partial charge in [0.05, 0.1) is 17.6 Å². The molecule has 0 radical (unpaired) electrons. The topological polar surface area (TPSA) is 17.8 Å². The molecular weight excluding hydrogens is 240 g/mol. The first-order valence-electron chi connectivity index (χ1n) is 4.98. The zero-order valence-corrected chi connectivity index (χ0v) is 10.0. The van der Waals surface area contributed by atoms with Gasteiger partial charge in [0.15, 0.2) is 0 Å². The summed E-state index contributed by atoms with van der Waals surface area (Å²) in [5.74, 6) is 0. The van der Waals surface area contributed by atoms with Crippen molar-refractivity contribution in [3.63, 3.8) is 0 Å². The van der Waals surface area contributed by atoms with Gasteiger partial charge in [-0.3, -0.25) is 0 Å². The van der Waals surface area contributed by atoms with Gasteiger partial charge in [-0.2, -0.15) is 0 Å². The van der Waals surface area contributed by atoms with Crippen LogP contribution in [0.4, 0.5) is 0 Å². The van der Waals surface area contributed by atoms with E-state index in [1.807, 2.05) is 34.9 Å². The zero-order valence-electron chi connectivity index (χ0n) is 8.43. The molecule has 0 amide bonds. The maximum absolute atomic E-state index is 6.14. The molecule has 0 bridgehead atoms. The highest BCUT2D eigenvalue weighted by atomic mass is 35.5. The van der Waals surface area contributed by atoms with E-state index in [2.05, 4.69) is 16.4 Å². The van der Waals surface area contributed by atoms with E-state index in [4.69, 9.17) is 11.6 Å². The molecule has 0 saturated heterocycles. The largest absolute Gasteiger partial charge is 0.309 e. The number of imidazole rings is 1. The minimum Gasteiger partial charge on any atom is -0.309 e. The van der Waals surface area contributed by atoms with Gasteiger partial charge in [0.1, 0.15) is 0 Å². The Balaban J connectivity index is 2.12. The molecule has 0 saturated carbocycles. The highest BCUT2D eigenvalue weighted by Gasteiger charge is 2.08. The Hall–Kier alpha value is -1.32. The highest BCUT2D eigenvalue weighted by molar-refractivity contribution is 7.09. The molecule has 0 unspecified atom stereocenters. The van der Waals surface area contributed by atoms with Gasteiger partial charge in [-0.25, -0.2) is 4.98 Å². The van der Waals surface area contributed by atoms with E-state index >= 15 is 0 Å². The van der Waals surface area contributed by atoms with Crippen molar-refractivity contribution in [2.75, 3.05) is 0 Å². The summed E-state index contributed by atoms with van der Waals surface area (Å²) in [5, 5.41) is 2.62. The van der Waals surface area contributed by atoms with E-state index in [1.54, 1.807) is 11.3 Å². The Morgan fingerprint density at radius 3 is 2.88 bits per heavy atom. The molecule has 0 aliphatic rings. The van der Waals surface area contributed by atoms with Crippen molar-refractivity contribution < 1.29 is 0 Å². The summed E-state index contributed by atoms with van der Waals surface area (Å²) >= 11 is 7.87. The number of nitrogens with zero attached hydrogens (tertiary/aromatic N) is 2. The van der Waals surface area contributed by atoms with Crippen molar-refractivity contribution in [3.05, 3.63) is 51.9 Å². The molecule has 0 N–H and O–H groups in total. The maximum Gasteiger partial charge on any atom is 0.204 e. The zero-order chi connectivity index (χ0) is 11.0. The molecule has 2 heterocycles. The molecule has 2 aromatic heterocycles. The number of aromatic nitrogens is 2. The number of para-hydroxylation sites is 2. The molecule has 2 nitrogen and oxygen atoms in total. The molecule has 1 aromatic carbocycles. The third kappa shape index (κ3) is 1.62. The lowest BCUT2D eigenvalue weighted by Crippen LogP contribution is -1.97. The van der Waals surface area contributed by atoms with E-state index in [0.29, 0.717) is 5.28 Å². The van der Waals surface area contributed by atoms with Crippen molar-refractivity contribution in [1.29, 1.82) is 0 Å². The molecule has 80 valence electrons. The number of fused-ring (bicyclic) bond motifs is 1. The average molecular weight is 249 g/mol. The van der Waals surface area contributed by atoms with Crippen molar-refractivity contribution in [2.45, 2.75) is 6.54 Å². The maximum atomic E-state index is 6.14. The van der Waals surface area contributed by atoms with E-state index < -0.39 is 0 Å². The van der Waals surface area contributed by atoms with Crippen LogP contribution >= 0.6 is 22.9 Å². The lowest BCUT2D eigenvalue weighted by molar-refractivity contribution is 0.839. The van der Waals surface area contributed by atoms with Crippen molar-refractivity contribution in [3.8, 4) is 0 Å². The van der Waals surface area contributed by atoms with Gasteiger partial charge in [-0.15, -0.1) is 11.3 Å². The predicted octanol–water partition coefficient (Wildman–Crippen LogP) is 3.80. The van der Waals surface area contributed by atoms with Gasteiger partial charge in [0.2, 0.25) is 5.28 Å². The SMILES string of the molecule is Clc1nc2ccccc2n1Cc1cccs1. The first-order valence-corrected chi connectivity index (χ1v) is 6.23. The molecule has 0 spiro atoms. The summed E-state index contributed by atoms with van der Waals surface area (Å²) < 4.78 is 2.03. The normalized spacial score (nSPS) is 11.1. The van der Waals surface area contributed by atoms with Crippen LogP contribution in [0.1, 0.15) is 4.88 Å². The Morgan fingerprint density at radius 1 is 1.19 bits per heavy atom. The fraction of sp³-hybridized carbons (Fsp3) is 0.0833. The summed E-state index contributed by atoms with van der Waals surface area (Å²) in [5.41, 5.74) is 2.03. The van der Waals surface area contributed by atoms with E-state index in [-0.39, 0.29) is 0 Å². The Morgan fingerprint density at radius 2 is 2.06 bits per heavy atom. The molecule has 3 rings (SSSR count). The first-order chi connectivity index (χ1) is 7.84. The summed E-state index contributed by atoms with van der Waals surface area (Å²) in [4.78, 5) is 5.61. The number of thiophene rings is 1. The van der Waals surface area contributed by atoms with E-state index in [1.165, 1.54) is 4.88 Å². The molecule has 4 heteroatoms. The van der Waals surface area contributed by atoms with Crippen LogP contribution in [0.15, 0.2) is 41.8 Å². The van der Waals surface area contributed by atoms with Crippen molar-refractivity contribution in [2.24, 2.45) is 0 Å². The Kier molecular flexibility index (Phi) is 2.42. The molecule has 0 atom stereocenters. The second-order valence-electron chi connectivity index (χ2n) is 3.54. The van der Waals surface area contributed by atoms with Crippen LogP contribution < -0.4 is 0 Å². The number of hydrogen-bond acceptors (Lipinski definition) is 2. The first kappa shape index (κ1) is 9.87. The summed E-state index contributed by atoms with van der Waals surface area (Å²) in [6, 6.07) is 12.2. The van der Waals surface area contributed by atoms with Crippen LogP contribution in [-0.2, 0) is 6.54 Å². The predicted molar refractivity (Wildman–Crippen MR) is 68.2 cm³/mol. The second-order valence-corrected chi connectivity index (χ2v) is 4.91. The molecule has 3 aromatic rings. The smallest absolute Gasteiger partial charge is 0.204 e. The second kappa shape index (κ2) is 3.92. The number of hydrogen-bond donors (Lipinski definition) is 0. The molecule has 0 fully saturated rings. The van der Waals surface area contributed by atoms with E-state index in [9.17, 15) is 0 Å². The minimum absolute atomic E-state index is 0.551. The van der Waals surface area contributed by atoms with Crippen LogP contribution in [0, 0.1) is 0 Å². The number of benzene rings is 1. The summed E-state index contributed by atoms with van der Waals surface area (Å²) in [7, 11) is 0. The molecule has 16 heavy (non-hydrogen) atoms. The fourth-order valence-electron chi connectivity index (χ4n) is 1.75. The lowest BCUT2D eigenvalue weighted by Gasteiger charge is -2.02. The monoisotopic (exact) mass is 248 g/mol. The molecule has 0 aliphatic carbocycles. The third-order valence-electron chi connectivity index (χ3n) is 2.50. The van der Waals surface area contributed by atoms with Gasteiger partial charge in [-0.05, 0) is 35.2 Å². The fourth-order valence-corrected chi connectivity index (χ4v) is 2.69. The number of rotatable bonds is 2. The average Bonchev–Trinajstić information content (AvgIpc) is 2.89. The molecule has 0 aliphatic heterocycles. The lowest BCUT2D eigenvalue weighted by atomic mass is 10.3.